The van der Waals surface area contributed by atoms with Crippen molar-refractivity contribution in [2.45, 2.75) is 33.1 Å². The number of hydrogen-bond acceptors (Lipinski definition) is 2. The predicted octanol–water partition coefficient (Wildman–Crippen LogP) is 2.83. The van der Waals surface area contributed by atoms with Gasteiger partial charge in [0.15, 0.2) is 0 Å². The van der Waals surface area contributed by atoms with Crippen molar-refractivity contribution in [1.29, 1.82) is 5.26 Å². The summed E-state index contributed by atoms with van der Waals surface area (Å²) >= 11 is 0. The molecule has 3 heteroatoms. The van der Waals surface area contributed by atoms with E-state index in [4.69, 9.17) is 5.26 Å². The number of fused-ring (bicyclic) bond motifs is 1. The lowest BCUT2D eigenvalue weighted by molar-refractivity contribution is 0.814. The summed E-state index contributed by atoms with van der Waals surface area (Å²) in [5.74, 6) is 0.351. The fourth-order valence-electron chi connectivity index (χ4n) is 1.93. The molecule has 3 nitrogen and oxygen atoms in total. The lowest BCUT2D eigenvalue weighted by Gasteiger charge is -2.03. The Morgan fingerprint density at radius 2 is 2.19 bits per heavy atom. The van der Waals surface area contributed by atoms with E-state index in [1.165, 1.54) is 5.56 Å². The van der Waals surface area contributed by atoms with E-state index in [0.29, 0.717) is 12.3 Å². The highest BCUT2D eigenvalue weighted by molar-refractivity contribution is 5.45. The van der Waals surface area contributed by atoms with E-state index in [2.05, 4.69) is 24.9 Å². The van der Waals surface area contributed by atoms with Crippen LogP contribution < -0.4 is 0 Å². The minimum atomic E-state index is 0.351. The van der Waals surface area contributed by atoms with E-state index in [1.807, 2.05) is 29.7 Å². The van der Waals surface area contributed by atoms with E-state index in [0.717, 1.165) is 17.0 Å². The Bertz CT molecular complexity index is 558. The molecule has 0 atom stereocenters. The highest BCUT2D eigenvalue weighted by Gasteiger charge is 2.14. The topological polar surface area (TPSA) is 41.1 Å². The summed E-state index contributed by atoms with van der Waals surface area (Å²) in [5.41, 5.74) is 4.17. The number of rotatable bonds is 2. The fraction of sp³-hybridized carbons (Fsp3) is 0.385. The molecule has 0 unspecified atom stereocenters. The molecule has 0 bridgehead atoms. The first-order valence-electron chi connectivity index (χ1n) is 5.48. The van der Waals surface area contributed by atoms with Crippen molar-refractivity contribution in [2.24, 2.45) is 0 Å². The summed E-state index contributed by atoms with van der Waals surface area (Å²) in [6.45, 7) is 6.26. The van der Waals surface area contributed by atoms with Crippen molar-refractivity contribution < 1.29 is 0 Å². The van der Waals surface area contributed by atoms with Gasteiger partial charge in [-0.15, -0.1) is 0 Å². The molecule has 0 aromatic carbocycles. The largest absolute Gasteiger partial charge is 0.302 e. The quantitative estimate of drug-likeness (QED) is 0.769. The minimum Gasteiger partial charge on any atom is -0.302 e. The molecule has 0 aliphatic rings. The van der Waals surface area contributed by atoms with Crippen LogP contribution in [0.15, 0.2) is 18.3 Å². The zero-order valence-corrected chi connectivity index (χ0v) is 9.86. The second kappa shape index (κ2) is 3.97. The number of aryl methyl sites for hydroxylation is 1. The van der Waals surface area contributed by atoms with E-state index in [-0.39, 0.29) is 0 Å². The van der Waals surface area contributed by atoms with Gasteiger partial charge in [-0.2, -0.15) is 5.26 Å². The maximum Gasteiger partial charge on any atom is 0.137 e. The lowest BCUT2D eigenvalue weighted by Crippen LogP contribution is -1.97. The number of nitrogens with zero attached hydrogens (tertiary/aromatic N) is 3. The minimum absolute atomic E-state index is 0.351. The zero-order valence-electron chi connectivity index (χ0n) is 9.86. The first-order valence-corrected chi connectivity index (χ1v) is 5.48. The third kappa shape index (κ3) is 1.67. The maximum atomic E-state index is 8.88. The molecule has 16 heavy (non-hydrogen) atoms. The molecule has 2 rings (SSSR count). The van der Waals surface area contributed by atoms with Crippen molar-refractivity contribution in [2.75, 3.05) is 0 Å². The first kappa shape index (κ1) is 10.7. The van der Waals surface area contributed by atoms with Crippen molar-refractivity contribution in [3.63, 3.8) is 0 Å². The number of aromatic nitrogens is 2. The second-order valence-corrected chi connectivity index (χ2v) is 4.37. The number of nitriles is 1. The molecule has 2 aromatic heterocycles. The Labute approximate surface area is 95.4 Å². The summed E-state index contributed by atoms with van der Waals surface area (Å²) in [6, 6.07) is 6.26. The number of pyridine rings is 1. The third-order valence-corrected chi connectivity index (χ3v) is 2.69. The van der Waals surface area contributed by atoms with Gasteiger partial charge in [0.05, 0.1) is 23.9 Å². The van der Waals surface area contributed by atoms with Crippen molar-refractivity contribution in [3.05, 3.63) is 35.3 Å². The van der Waals surface area contributed by atoms with E-state index in [9.17, 15) is 0 Å². The molecule has 0 aliphatic carbocycles. The van der Waals surface area contributed by atoms with Crippen LogP contribution in [0.5, 0.6) is 0 Å². The molecule has 0 saturated heterocycles. The van der Waals surface area contributed by atoms with Crippen LogP contribution in [0.25, 0.3) is 5.65 Å². The van der Waals surface area contributed by atoms with Gasteiger partial charge in [0.1, 0.15) is 5.65 Å². The highest BCUT2D eigenvalue weighted by Crippen LogP contribution is 2.21. The first-order chi connectivity index (χ1) is 7.63. The van der Waals surface area contributed by atoms with Crippen LogP contribution in [0.3, 0.4) is 0 Å². The Kier molecular flexibility index (Phi) is 2.66. The van der Waals surface area contributed by atoms with Crippen LogP contribution in [0.4, 0.5) is 0 Å². The van der Waals surface area contributed by atoms with Gasteiger partial charge in [0, 0.05) is 6.20 Å². The molecule has 0 amide bonds. The summed E-state index contributed by atoms with van der Waals surface area (Å²) < 4.78 is 2.04. The van der Waals surface area contributed by atoms with Crippen LogP contribution in [-0.2, 0) is 6.42 Å². The average Bonchev–Trinajstić information content (AvgIpc) is 2.58. The molecular weight excluding hydrogens is 198 g/mol. The molecule has 0 spiro atoms. The third-order valence-electron chi connectivity index (χ3n) is 2.69. The Hall–Kier alpha value is -1.82. The zero-order chi connectivity index (χ0) is 11.7. The van der Waals surface area contributed by atoms with Gasteiger partial charge in [-0.05, 0) is 24.5 Å². The van der Waals surface area contributed by atoms with Crippen LogP contribution in [0.2, 0.25) is 0 Å². The Balaban J connectivity index is 2.73. The normalized spacial score (nSPS) is 10.9. The highest BCUT2D eigenvalue weighted by atomic mass is 15.0. The van der Waals surface area contributed by atoms with Crippen molar-refractivity contribution in [3.8, 4) is 6.07 Å². The monoisotopic (exact) mass is 213 g/mol. The van der Waals surface area contributed by atoms with E-state index >= 15 is 0 Å². The van der Waals surface area contributed by atoms with Crippen molar-refractivity contribution in [1.82, 2.24) is 9.38 Å². The standard InChI is InChI=1S/C13H15N3/c1-9(2)13-11(6-7-14)16-8-10(3)4-5-12(16)15-13/h4-5,8-9H,6H2,1-3H3. The summed E-state index contributed by atoms with van der Waals surface area (Å²) in [6.07, 6.45) is 2.46. The summed E-state index contributed by atoms with van der Waals surface area (Å²) in [4.78, 5) is 4.58. The Morgan fingerprint density at radius 1 is 1.44 bits per heavy atom. The molecule has 0 aliphatic heterocycles. The Morgan fingerprint density at radius 3 is 2.81 bits per heavy atom. The van der Waals surface area contributed by atoms with Crippen LogP contribution >= 0.6 is 0 Å². The lowest BCUT2D eigenvalue weighted by atomic mass is 10.1. The molecular formula is C13H15N3. The molecule has 0 N–H and O–H groups in total. The van der Waals surface area contributed by atoms with Gasteiger partial charge in [0.2, 0.25) is 0 Å². The summed E-state index contributed by atoms with van der Waals surface area (Å²) in [7, 11) is 0. The SMILES string of the molecule is Cc1ccc2nc(C(C)C)c(CC#N)n2c1. The molecule has 2 aromatic rings. The fourth-order valence-corrected chi connectivity index (χ4v) is 1.93. The number of hydrogen-bond donors (Lipinski definition) is 0. The molecule has 2 heterocycles. The van der Waals surface area contributed by atoms with Gasteiger partial charge in [-0.25, -0.2) is 4.98 Å². The smallest absolute Gasteiger partial charge is 0.137 e. The van der Waals surface area contributed by atoms with Gasteiger partial charge in [-0.1, -0.05) is 19.9 Å². The molecule has 0 fully saturated rings. The molecule has 0 radical (unpaired) electrons. The van der Waals surface area contributed by atoms with Crippen LogP contribution in [-0.4, -0.2) is 9.38 Å². The molecule has 82 valence electrons. The predicted molar refractivity (Wildman–Crippen MR) is 63.3 cm³/mol. The van der Waals surface area contributed by atoms with Gasteiger partial charge in [-0.3, -0.25) is 0 Å². The average molecular weight is 213 g/mol. The van der Waals surface area contributed by atoms with Gasteiger partial charge in [0.25, 0.3) is 0 Å². The maximum absolute atomic E-state index is 8.88. The van der Waals surface area contributed by atoms with Gasteiger partial charge < -0.3 is 4.40 Å². The van der Waals surface area contributed by atoms with Crippen LogP contribution in [0, 0.1) is 18.3 Å². The van der Waals surface area contributed by atoms with E-state index in [1.54, 1.807) is 0 Å². The molecule has 0 saturated carbocycles. The van der Waals surface area contributed by atoms with Crippen LogP contribution in [0.1, 0.15) is 36.7 Å². The number of imidazole rings is 1. The van der Waals surface area contributed by atoms with E-state index < -0.39 is 0 Å². The second-order valence-electron chi connectivity index (χ2n) is 4.37. The summed E-state index contributed by atoms with van der Waals surface area (Å²) in [5, 5.41) is 8.88. The van der Waals surface area contributed by atoms with Crippen molar-refractivity contribution >= 4 is 5.65 Å². The van der Waals surface area contributed by atoms with Gasteiger partial charge >= 0.3 is 0 Å².